The van der Waals surface area contributed by atoms with Crippen molar-refractivity contribution in [3.05, 3.63) is 22.3 Å². The van der Waals surface area contributed by atoms with Crippen LogP contribution in [0.5, 0.6) is 0 Å². The van der Waals surface area contributed by atoms with Crippen LogP contribution in [0.25, 0.3) is 0 Å². The molecule has 4 bridgehead atoms. The first-order valence-electron chi connectivity index (χ1n) is 4.83. The summed E-state index contributed by atoms with van der Waals surface area (Å²) < 4.78 is 0. The molecule has 5 aliphatic rings. The van der Waals surface area contributed by atoms with Gasteiger partial charge >= 0.3 is 0 Å². The molecule has 5 aliphatic carbocycles. The number of rotatable bonds is 0. The van der Waals surface area contributed by atoms with E-state index in [-0.39, 0.29) is 0 Å². The van der Waals surface area contributed by atoms with Gasteiger partial charge in [0, 0.05) is 0 Å². The Morgan fingerprint density at radius 1 is 0.455 bits per heavy atom. The highest BCUT2D eigenvalue weighted by atomic mass is 14.3. The van der Waals surface area contributed by atoms with Gasteiger partial charge in [0.05, 0.1) is 0 Å². The molecular weight excluding hydrogens is 132 g/mol. The Morgan fingerprint density at radius 3 is 1.27 bits per heavy atom. The third kappa shape index (κ3) is 0.756. The van der Waals surface area contributed by atoms with Crippen molar-refractivity contribution in [2.45, 2.75) is 44.9 Å². The molecule has 0 aliphatic heterocycles. The van der Waals surface area contributed by atoms with E-state index in [0.717, 1.165) is 0 Å². The van der Waals surface area contributed by atoms with Crippen molar-refractivity contribution in [3.63, 3.8) is 0 Å². The van der Waals surface area contributed by atoms with Crippen molar-refractivity contribution in [2.24, 2.45) is 0 Å². The molecule has 0 nitrogen and oxygen atoms in total. The van der Waals surface area contributed by atoms with E-state index in [1.165, 1.54) is 44.9 Å². The largest absolute Gasteiger partial charge is 0.0700 e. The van der Waals surface area contributed by atoms with Gasteiger partial charge in [0.25, 0.3) is 0 Å². The molecular formula is C11H14. The fourth-order valence-corrected chi connectivity index (χ4v) is 2.90. The van der Waals surface area contributed by atoms with Gasteiger partial charge in [0.2, 0.25) is 0 Å². The predicted molar refractivity (Wildman–Crippen MR) is 46.4 cm³/mol. The molecule has 0 radical (unpaired) electrons. The van der Waals surface area contributed by atoms with Crippen LogP contribution in [0, 0.1) is 0 Å². The molecule has 0 spiro atoms. The third-order valence-corrected chi connectivity index (χ3v) is 3.61. The minimum Gasteiger partial charge on any atom is -0.0700 e. The second kappa shape index (κ2) is 2.00. The summed E-state index contributed by atoms with van der Waals surface area (Å²) in [7, 11) is 0. The van der Waals surface area contributed by atoms with E-state index in [1.807, 2.05) is 22.3 Å². The fourth-order valence-electron chi connectivity index (χ4n) is 2.90. The van der Waals surface area contributed by atoms with Crippen LogP contribution in [-0.4, -0.2) is 0 Å². The molecule has 0 heteroatoms. The van der Waals surface area contributed by atoms with Gasteiger partial charge in [-0.3, -0.25) is 0 Å². The van der Waals surface area contributed by atoms with Gasteiger partial charge in [0.15, 0.2) is 0 Å². The summed E-state index contributed by atoms with van der Waals surface area (Å²) in [6, 6.07) is 0. The Morgan fingerprint density at radius 2 is 0.818 bits per heavy atom. The summed E-state index contributed by atoms with van der Waals surface area (Å²) in [5.74, 6) is 0. The summed E-state index contributed by atoms with van der Waals surface area (Å²) in [6.07, 6.45) is 9.84. The molecule has 0 unspecified atom stereocenters. The molecule has 5 rings (SSSR count). The average Bonchev–Trinajstić information content (AvgIpc) is 2.41. The second-order valence-electron chi connectivity index (χ2n) is 4.09. The van der Waals surface area contributed by atoms with E-state index >= 15 is 0 Å². The van der Waals surface area contributed by atoms with Gasteiger partial charge in [-0.2, -0.15) is 0 Å². The molecule has 0 fully saturated rings. The Hall–Kier alpha value is -0.520. The lowest BCUT2D eigenvalue weighted by atomic mass is 9.81. The Bertz CT molecular complexity index is 238. The molecule has 58 valence electrons. The maximum absolute atomic E-state index is 1.83. The molecule has 0 aromatic carbocycles. The summed E-state index contributed by atoms with van der Waals surface area (Å²) in [6.45, 7) is 0. The number of allylic oxidation sites excluding steroid dienone is 4. The predicted octanol–water partition coefficient (Wildman–Crippen LogP) is 3.35. The summed E-state index contributed by atoms with van der Waals surface area (Å²) in [5.41, 5.74) is 7.32. The van der Waals surface area contributed by atoms with E-state index < -0.39 is 0 Å². The fraction of sp³-hybridized carbons (Fsp3) is 0.636. The van der Waals surface area contributed by atoms with Gasteiger partial charge in [-0.15, -0.1) is 0 Å². The van der Waals surface area contributed by atoms with E-state index in [0.29, 0.717) is 0 Å². The Labute approximate surface area is 68.0 Å². The van der Waals surface area contributed by atoms with Crippen molar-refractivity contribution in [3.8, 4) is 0 Å². The Kier molecular flexibility index (Phi) is 1.10. The highest BCUT2D eigenvalue weighted by molar-refractivity contribution is 5.38. The van der Waals surface area contributed by atoms with Gasteiger partial charge in [-0.1, -0.05) is 22.3 Å². The minimum absolute atomic E-state index is 1.38. The van der Waals surface area contributed by atoms with Crippen LogP contribution in [0.15, 0.2) is 22.3 Å². The molecule has 0 aromatic heterocycles. The van der Waals surface area contributed by atoms with Gasteiger partial charge < -0.3 is 0 Å². The van der Waals surface area contributed by atoms with E-state index in [4.69, 9.17) is 0 Å². The second-order valence-corrected chi connectivity index (χ2v) is 4.09. The number of fused-ring (bicyclic) bond motifs is 2. The van der Waals surface area contributed by atoms with E-state index in [9.17, 15) is 0 Å². The van der Waals surface area contributed by atoms with Gasteiger partial charge in [-0.25, -0.2) is 0 Å². The molecule has 0 amide bonds. The summed E-state index contributed by atoms with van der Waals surface area (Å²) in [5, 5.41) is 0. The molecule has 0 saturated heterocycles. The zero-order valence-corrected chi connectivity index (χ0v) is 6.95. The first-order valence-corrected chi connectivity index (χ1v) is 4.83. The standard InChI is InChI=1S/C11H14/c1-2-9-4-6-10-7-11(9)5-3-8(1)10/h1-7H2. The molecule has 0 aromatic rings. The van der Waals surface area contributed by atoms with Crippen molar-refractivity contribution < 1.29 is 0 Å². The van der Waals surface area contributed by atoms with Crippen molar-refractivity contribution >= 4 is 0 Å². The quantitative estimate of drug-likeness (QED) is 0.460. The van der Waals surface area contributed by atoms with Crippen molar-refractivity contribution in [1.29, 1.82) is 0 Å². The van der Waals surface area contributed by atoms with Crippen molar-refractivity contribution in [2.75, 3.05) is 0 Å². The van der Waals surface area contributed by atoms with Gasteiger partial charge in [0.1, 0.15) is 0 Å². The first-order chi connectivity index (χ1) is 5.43. The molecule has 0 N–H and O–H groups in total. The highest BCUT2D eigenvalue weighted by Crippen LogP contribution is 2.46. The highest BCUT2D eigenvalue weighted by Gasteiger charge is 2.26. The number of hydrogen-bond donors (Lipinski definition) is 0. The molecule has 0 saturated carbocycles. The SMILES string of the molecule is C1CC2=C3CCC1=C(CC2)C3. The van der Waals surface area contributed by atoms with Crippen LogP contribution in [0.1, 0.15) is 44.9 Å². The topological polar surface area (TPSA) is 0 Å². The third-order valence-electron chi connectivity index (χ3n) is 3.61. The summed E-state index contributed by atoms with van der Waals surface area (Å²) in [4.78, 5) is 0. The first kappa shape index (κ1) is 6.05. The lowest BCUT2D eigenvalue weighted by Gasteiger charge is -2.24. The van der Waals surface area contributed by atoms with Gasteiger partial charge in [-0.05, 0) is 44.9 Å². The van der Waals surface area contributed by atoms with E-state index in [1.54, 1.807) is 0 Å². The minimum atomic E-state index is 1.38. The zero-order chi connectivity index (χ0) is 7.26. The molecule has 0 heterocycles. The van der Waals surface area contributed by atoms with Crippen LogP contribution < -0.4 is 0 Å². The Balaban J connectivity index is 2.21. The van der Waals surface area contributed by atoms with Crippen LogP contribution in [0.4, 0.5) is 0 Å². The molecule has 11 heavy (non-hydrogen) atoms. The van der Waals surface area contributed by atoms with Crippen LogP contribution in [-0.2, 0) is 0 Å². The van der Waals surface area contributed by atoms with Crippen LogP contribution >= 0.6 is 0 Å². The monoisotopic (exact) mass is 146 g/mol. The van der Waals surface area contributed by atoms with Crippen LogP contribution in [0.3, 0.4) is 0 Å². The molecule has 0 atom stereocenters. The summed E-state index contributed by atoms with van der Waals surface area (Å²) >= 11 is 0. The van der Waals surface area contributed by atoms with Crippen LogP contribution in [0.2, 0.25) is 0 Å². The van der Waals surface area contributed by atoms with Crippen molar-refractivity contribution in [1.82, 2.24) is 0 Å². The lowest BCUT2D eigenvalue weighted by Crippen LogP contribution is -2.05. The number of hydrogen-bond acceptors (Lipinski definition) is 0. The average molecular weight is 146 g/mol. The maximum atomic E-state index is 1.83. The van der Waals surface area contributed by atoms with E-state index in [2.05, 4.69) is 0 Å². The maximum Gasteiger partial charge on any atom is -0.0103 e. The normalized spacial score (nSPS) is 28.4. The lowest BCUT2D eigenvalue weighted by molar-refractivity contribution is 0.724. The zero-order valence-electron chi connectivity index (χ0n) is 6.95. The smallest absolute Gasteiger partial charge is 0.0103 e.